The Morgan fingerprint density at radius 3 is 2.64 bits per heavy atom. The van der Waals surface area contributed by atoms with Gasteiger partial charge in [0, 0.05) is 12.1 Å². The molecule has 0 bridgehead atoms. The lowest BCUT2D eigenvalue weighted by atomic mass is 10.3. The van der Waals surface area contributed by atoms with E-state index in [9.17, 15) is 9.60 Å². The molecule has 4 nitrogen and oxygen atoms in total. The minimum Gasteiger partial charge on any atom is -0.595 e. The highest BCUT2D eigenvalue weighted by atomic mass is 19.1. The smallest absolute Gasteiger partial charge is 0.166 e. The van der Waals surface area contributed by atoms with Crippen LogP contribution in [0.5, 0.6) is 0 Å². The molecule has 0 radical (unpaired) electrons. The van der Waals surface area contributed by atoms with Gasteiger partial charge in [0.1, 0.15) is 5.82 Å². The van der Waals surface area contributed by atoms with E-state index in [1.54, 1.807) is 0 Å². The molecule has 0 aliphatic carbocycles. The summed E-state index contributed by atoms with van der Waals surface area (Å²) in [5, 5.41) is 17.6. The van der Waals surface area contributed by atoms with Crippen molar-refractivity contribution in [1.82, 2.24) is 0 Å². The van der Waals surface area contributed by atoms with E-state index in [1.165, 1.54) is 0 Å². The van der Waals surface area contributed by atoms with Gasteiger partial charge in [0.2, 0.25) is 0 Å². The zero-order chi connectivity index (χ0) is 8.43. The second-order valence-corrected chi connectivity index (χ2v) is 2.04. The molecule has 0 aromatic heterocycles. The van der Waals surface area contributed by atoms with Crippen molar-refractivity contribution in [3.05, 3.63) is 29.2 Å². The van der Waals surface area contributed by atoms with Gasteiger partial charge in [-0.3, -0.25) is 0 Å². The number of anilines is 1. The molecule has 0 fully saturated rings. The fourth-order valence-electron chi connectivity index (χ4n) is 0.677. The van der Waals surface area contributed by atoms with Gasteiger partial charge in [-0.05, 0) is 6.07 Å². The van der Waals surface area contributed by atoms with Crippen molar-refractivity contribution in [2.75, 3.05) is 5.73 Å². The first-order chi connectivity index (χ1) is 5.11. The minimum absolute atomic E-state index is 0.0103. The van der Waals surface area contributed by atoms with Crippen LogP contribution in [0.1, 0.15) is 0 Å². The molecule has 0 heterocycles. The number of rotatable bonds is 1. The van der Waals surface area contributed by atoms with Crippen LogP contribution in [-0.4, -0.2) is 5.21 Å². The third-order valence-corrected chi connectivity index (χ3v) is 1.24. The molecule has 11 heavy (non-hydrogen) atoms. The molecule has 0 amide bonds. The van der Waals surface area contributed by atoms with Crippen molar-refractivity contribution in [1.29, 1.82) is 0 Å². The Bertz CT molecular complexity index is 265. The van der Waals surface area contributed by atoms with E-state index in [-0.39, 0.29) is 11.4 Å². The molecule has 0 aliphatic heterocycles. The van der Waals surface area contributed by atoms with Gasteiger partial charge in [0.15, 0.2) is 5.69 Å². The predicted molar refractivity (Wildman–Crippen MR) is 36.6 cm³/mol. The van der Waals surface area contributed by atoms with Gasteiger partial charge in [-0.2, -0.15) is 5.23 Å². The van der Waals surface area contributed by atoms with Crippen molar-refractivity contribution >= 4 is 11.4 Å². The van der Waals surface area contributed by atoms with Gasteiger partial charge in [0.05, 0.1) is 5.69 Å². The zero-order valence-corrected chi connectivity index (χ0v) is 5.54. The molecule has 5 heteroatoms. The summed E-state index contributed by atoms with van der Waals surface area (Å²) in [7, 11) is 0. The summed E-state index contributed by atoms with van der Waals surface area (Å²) in [5.41, 5.74) is 4.96. The van der Waals surface area contributed by atoms with Crippen LogP contribution in [0, 0.1) is 11.0 Å². The topological polar surface area (TPSA) is 73.8 Å². The lowest BCUT2D eigenvalue weighted by Crippen LogP contribution is -2.99. The van der Waals surface area contributed by atoms with Crippen molar-refractivity contribution in [2.45, 2.75) is 0 Å². The first-order valence-electron chi connectivity index (χ1n) is 2.89. The number of hydrogen-bond acceptors (Lipinski definition) is 3. The fourth-order valence-corrected chi connectivity index (χ4v) is 0.677. The second-order valence-electron chi connectivity index (χ2n) is 2.04. The number of benzene rings is 1. The largest absolute Gasteiger partial charge is 0.595 e. The van der Waals surface area contributed by atoms with Crippen LogP contribution in [0.2, 0.25) is 0 Å². The van der Waals surface area contributed by atoms with Gasteiger partial charge >= 0.3 is 0 Å². The van der Waals surface area contributed by atoms with Crippen LogP contribution in [0.25, 0.3) is 0 Å². The molecule has 0 spiro atoms. The van der Waals surface area contributed by atoms with Gasteiger partial charge in [-0.25, -0.2) is 9.60 Å². The number of nitrogens with one attached hydrogen (secondary N) is 1. The van der Waals surface area contributed by atoms with E-state index in [0.717, 1.165) is 18.2 Å². The molecule has 0 saturated heterocycles. The summed E-state index contributed by atoms with van der Waals surface area (Å²) >= 11 is 0. The average Bonchev–Trinajstić information content (AvgIpc) is 1.94. The SMILES string of the molecule is Nc1cc([NH+]([O-])O)ccc1F. The molecule has 1 unspecified atom stereocenters. The Hall–Kier alpha value is -1.17. The molecule has 1 rings (SSSR count). The first-order valence-corrected chi connectivity index (χ1v) is 2.89. The van der Waals surface area contributed by atoms with Crippen LogP contribution < -0.4 is 11.0 Å². The van der Waals surface area contributed by atoms with E-state index in [1.807, 2.05) is 0 Å². The van der Waals surface area contributed by atoms with Crippen LogP contribution >= 0.6 is 0 Å². The molecule has 60 valence electrons. The Kier molecular flexibility index (Phi) is 2.04. The Morgan fingerprint density at radius 2 is 2.18 bits per heavy atom. The van der Waals surface area contributed by atoms with Crippen molar-refractivity contribution in [2.24, 2.45) is 0 Å². The summed E-state index contributed by atoms with van der Waals surface area (Å²) in [6.45, 7) is 0. The van der Waals surface area contributed by atoms with Crippen LogP contribution in [0.3, 0.4) is 0 Å². The molecule has 1 atom stereocenters. The normalized spacial score (nSPS) is 13.0. The van der Waals surface area contributed by atoms with Crippen LogP contribution in [0.4, 0.5) is 15.8 Å². The highest BCUT2D eigenvalue weighted by Crippen LogP contribution is 2.12. The molecular formula is C6H7FN2O2. The summed E-state index contributed by atoms with van der Waals surface area (Å²) in [6.07, 6.45) is 0. The van der Waals surface area contributed by atoms with E-state index in [0.29, 0.717) is 0 Å². The summed E-state index contributed by atoms with van der Waals surface area (Å²) in [6, 6.07) is 3.27. The maximum Gasteiger partial charge on any atom is 0.166 e. The quantitative estimate of drug-likeness (QED) is 0.391. The Morgan fingerprint density at radius 1 is 1.55 bits per heavy atom. The van der Waals surface area contributed by atoms with E-state index in [4.69, 9.17) is 10.9 Å². The number of halogens is 1. The van der Waals surface area contributed by atoms with E-state index < -0.39 is 11.0 Å². The number of nitrogen functional groups attached to an aromatic ring is 1. The summed E-state index contributed by atoms with van der Waals surface area (Å²) < 4.78 is 12.4. The monoisotopic (exact) mass is 158 g/mol. The third kappa shape index (κ3) is 1.64. The maximum atomic E-state index is 12.4. The second kappa shape index (κ2) is 2.83. The molecular weight excluding hydrogens is 151 g/mol. The van der Waals surface area contributed by atoms with Gasteiger partial charge in [0.25, 0.3) is 0 Å². The van der Waals surface area contributed by atoms with Crippen molar-refractivity contribution in [3.8, 4) is 0 Å². The third-order valence-electron chi connectivity index (χ3n) is 1.24. The van der Waals surface area contributed by atoms with Crippen LogP contribution in [-0.2, 0) is 0 Å². The standard InChI is InChI=1S/C6H7FN2O2/c7-5-2-1-4(9(10)11)3-6(5)8/h1-3,9-10H,8H2. The average molecular weight is 158 g/mol. The molecule has 0 aliphatic rings. The minimum atomic E-state index is -1.11. The predicted octanol–water partition coefficient (Wildman–Crippen LogP) is -0.189. The number of nitrogens with two attached hydrogens (primary N) is 1. The highest BCUT2D eigenvalue weighted by Gasteiger charge is 2.03. The van der Waals surface area contributed by atoms with E-state index >= 15 is 0 Å². The van der Waals surface area contributed by atoms with Gasteiger partial charge < -0.3 is 10.9 Å². The lowest BCUT2D eigenvalue weighted by Gasteiger charge is -2.11. The molecule has 1 aromatic carbocycles. The lowest BCUT2D eigenvalue weighted by molar-refractivity contribution is -0.991. The number of hydrogen-bond donors (Lipinski definition) is 3. The van der Waals surface area contributed by atoms with Gasteiger partial charge in [-0.15, -0.1) is 0 Å². The van der Waals surface area contributed by atoms with Crippen molar-refractivity contribution in [3.63, 3.8) is 0 Å². The van der Waals surface area contributed by atoms with Crippen LogP contribution in [0.15, 0.2) is 18.2 Å². The molecule has 0 saturated carbocycles. The summed E-state index contributed by atoms with van der Waals surface area (Å²) in [5.74, 6) is -0.602. The zero-order valence-electron chi connectivity index (χ0n) is 5.54. The maximum absolute atomic E-state index is 12.4. The Labute approximate surface area is 62.2 Å². The molecule has 1 aromatic rings. The fraction of sp³-hybridized carbons (Fsp3) is 0. The highest BCUT2D eigenvalue weighted by molar-refractivity contribution is 5.48. The van der Waals surface area contributed by atoms with Crippen molar-refractivity contribution < 1.29 is 14.8 Å². The molecule has 4 N–H and O–H groups in total. The Balaban J connectivity index is 3.05. The summed E-state index contributed by atoms with van der Waals surface area (Å²) in [4.78, 5) is 0. The van der Waals surface area contributed by atoms with E-state index in [2.05, 4.69) is 0 Å². The first kappa shape index (κ1) is 7.93. The van der Waals surface area contributed by atoms with Gasteiger partial charge in [-0.1, -0.05) is 0 Å². The number of quaternary nitrogens is 1.